The molecule has 5 nitrogen and oxygen atoms in total. The van der Waals surface area contributed by atoms with Gasteiger partial charge in [0.05, 0.1) is 11.1 Å². The summed E-state index contributed by atoms with van der Waals surface area (Å²) in [5, 5.41) is 0.666. The van der Waals surface area contributed by atoms with Crippen LogP contribution in [-0.4, -0.2) is 26.3 Å². The lowest BCUT2D eigenvalue weighted by Crippen LogP contribution is -2.10. The summed E-state index contributed by atoms with van der Waals surface area (Å²) in [5.74, 6) is 0.715. The highest BCUT2D eigenvalue weighted by Crippen LogP contribution is 2.35. The molecule has 0 saturated carbocycles. The first kappa shape index (κ1) is 20.4. The molecule has 6 heteroatoms. The Morgan fingerprint density at radius 3 is 2.64 bits per heavy atom. The molecule has 1 aromatic heterocycles. The number of rotatable bonds is 7. The first-order chi connectivity index (χ1) is 13.4. The summed E-state index contributed by atoms with van der Waals surface area (Å²) < 4.78 is 22.7. The van der Waals surface area contributed by atoms with Gasteiger partial charge in [0.15, 0.2) is 0 Å². The van der Waals surface area contributed by atoms with Crippen LogP contribution < -0.4 is 4.74 Å². The van der Waals surface area contributed by atoms with Gasteiger partial charge in [-0.3, -0.25) is 0 Å². The first-order valence-electron chi connectivity index (χ1n) is 8.98. The number of benzene rings is 2. The van der Waals surface area contributed by atoms with Crippen LogP contribution in [0.15, 0.2) is 39.2 Å². The number of methoxy groups -OCH3 is 1. The average Bonchev–Trinajstić information content (AvgIpc) is 2.97. The predicted molar refractivity (Wildman–Crippen MR) is 111 cm³/mol. The second kappa shape index (κ2) is 8.80. The third-order valence-electron chi connectivity index (χ3n) is 4.53. The normalized spacial score (nSPS) is 11.0. The third-order valence-corrected chi connectivity index (χ3v) is 5.15. The molecular weight excluding hydrogens is 424 g/mol. The fraction of sp³-hybridized carbons (Fsp3) is 0.318. The molecule has 0 atom stereocenters. The van der Waals surface area contributed by atoms with Gasteiger partial charge in [-0.25, -0.2) is 4.79 Å². The molecule has 0 bridgehead atoms. The zero-order valence-corrected chi connectivity index (χ0v) is 18.0. The summed E-state index contributed by atoms with van der Waals surface area (Å²) in [7, 11) is 1.56. The van der Waals surface area contributed by atoms with Crippen molar-refractivity contribution in [2.75, 3.05) is 20.3 Å². The van der Waals surface area contributed by atoms with Gasteiger partial charge in [-0.1, -0.05) is 23.8 Å². The largest absolute Gasteiger partial charge is 0.488 e. The maximum absolute atomic E-state index is 12.5. The van der Waals surface area contributed by atoms with Crippen LogP contribution in [0, 0.1) is 20.8 Å². The molecule has 0 N–H and O–H groups in total. The van der Waals surface area contributed by atoms with E-state index in [9.17, 15) is 4.79 Å². The second-order valence-corrected chi connectivity index (χ2v) is 7.51. The molecule has 0 unspecified atom stereocenters. The number of furan rings is 1. The molecule has 0 aliphatic rings. The lowest BCUT2D eigenvalue weighted by molar-refractivity contribution is 0.0388. The Morgan fingerprint density at radius 1 is 1.11 bits per heavy atom. The lowest BCUT2D eigenvalue weighted by Gasteiger charge is -2.11. The van der Waals surface area contributed by atoms with Crippen molar-refractivity contribution in [2.45, 2.75) is 27.4 Å². The number of aryl methyl sites for hydroxylation is 3. The Bertz CT molecular complexity index is 1010. The molecule has 28 heavy (non-hydrogen) atoms. The molecule has 0 radical (unpaired) electrons. The highest BCUT2D eigenvalue weighted by atomic mass is 79.9. The maximum atomic E-state index is 12.5. The first-order valence-corrected chi connectivity index (χ1v) is 9.77. The van der Waals surface area contributed by atoms with Gasteiger partial charge in [0.1, 0.15) is 35.9 Å². The van der Waals surface area contributed by atoms with Gasteiger partial charge >= 0.3 is 5.97 Å². The number of fused-ring (bicyclic) bond motifs is 1. The molecular formula is C22H23BrO5. The minimum atomic E-state index is -0.434. The molecule has 0 saturated heterocycles. The maximum Gasteiger partial charge on any atom is 0.342 e. The van der Waals surface area contributed by atoms with Crippen LogP contribution >= 0.6 is 15.9 Å². The van der Waals surface area contributed by atoms with Gasteiger partial charge in [0.25, 0.3) is 0 Å². The summed E-state index contributed by atoms with van der Waals surface area (Å²) in [4.78, 5) is 12.5. The standard InChI is InChI=1S/C22H23BrO5/c1-13-5-6-14(2)16(9-13)12-27-20-10-17-19(11-18(20)23)28-15(3)21(17)22(24)26-8-7-25-4/h5-6,9-11H,7-8,12H2,1-4H3. The topological polar surface area (TPSA) is 57.9 Å². The average molecular weight is 447 g/mol. The summed E-state index contributed by atoms with van der Waals surface area (Å²) in [5.41, 5.74) is 4.49. The Kier molecular flexibility index (Phi) is 6.42. The van der Waals surface area contributed by atoms with E-state index >= 15 is 0 Å². The molecule has 0 spiro atoms. The van der Waals surface area contributed by atoms with E-state index in [1.165, 1.54) is 11.1 Å². The van der Waals surface area contributed by atoms with Crippen molar-refractivity contribution in [3.8, 4) is 5.75 Å². The van der Waals surface area contributed by atoms with Crippen molar-refractivity contribution >= 4 is 32.9 Å². The Hall–Kier alpha value is -2.31. The number of hydrogen-bond donors (Lipinski definition) is 0. The Morgan fingerprint density at radius 2 is 1.89 bits per heavy atom. The summed E-state index contributed by atoms with van der Waals surface area (Å²) >= 11 is 3.53. The minimum Gasteiger partial charge on any atom is -0.488 e. The summed E-state index contributed by atoms with van der Waals surface area (Å²) in [6.07, 6.45) is 0. The van der Waals surface area contributed by atoms with Crippen LogP contribution in [0.2, 0.25) is 0 Å². The van der Waals surface area contributed by atoms with Gasteiger partial charge < -0.3 is 18.6 Å². The molecule has 0 amide bonds. The number of hydrogen-bond acceptors (Lipinski definition) is 5. The number of halogens is 1. The molecule has 148 valence electrons. The molecule has 0 aliphatic carbocycles. The Balaban J connectivity index is 1.89. The minimum absolute atomic E-state index is 0.188. The van der Waals surface area contributed by atoms with Crippen LogP contribution in [0.1, 0.15) is 32.8 Å². The summed E-state index contributed by atoms with van der Waals surface area (Å²) in [6, 6.07) is 9.90. The SMILES string of the molecule is COCCOC(=O)c1c(C)oc2cc(Br)c(OCc3cc(C)ccc3C)cc12. The molecule has 1 heterocycles. The van der Waals surface area contributed by atoms with Crippen molar-refractivity contribution in [1.29, 1.82) is 0 Å². The molecule has 2 aromatic carbocycles. The van der Waals surface area contributed by atoms with E-state index in [0.29, 0.717) is 41.3 Å². The van der Waals surface area contributed by atoms with Crippen LogP contribution in [0.25, 0.3) is 11.0 Å². The van der Waals surface area contributed by atoms with Crippen molar-refractivity contribution in [2.24, 2.45) is 0 Å². The monoisotopic (exact) mass is 446 g/mol. The molecule has 0 aliphatic heterocycles. The highest BCUT2D eigenvalue weighted by Gasteiger charge is 2.21. The highest BCUT2D eigenvalue weighted by molar-refractivity contribution is 9.10. The smallest absolute Gasteiger partial charge is 0.342 e. The molecule has 3 aromatic rings. The number of carbonyl (C=O) groups excluding carboxylic acids is 1. The van der Waals surface area contributed by atoms with Crippen LogP contribution in [0.5, 0.6) is 5.75 Å². The number of ether oxygens (including phenoxy) is 3. The van der Waals surface area contributed by atoms with Crippen molar-refractivity contribution < 1.29 is 23.4 Å². The quantitative estimate of drug-likeness (QED) is 0.354. The Labute approximate surface area is 172 Å². The zero-order valence-electron chi connectivity index (χ0n) is 16.4. The number of carbonyl (C=O) groups is 1. The van der Waals surface area contributed by atoms with Crippen LogP contribution in [0.4, 0.5) is 0 Å². The van der Waals surface area contributed by atoms with Gasteiger partial charge in [-0.05, 0) is 60.0 Å². The fourth-order valence-corrected chi connectivity index (χ4v) is 3.42. The fourth-order valence-electron chi connectivity index (χ4n) is 2.99. The summed E-state index contributed by atoms with van der Waals surface area (Å²) in [6.45, 7) is 6.83. The molecule has 0 fully saturated rings. The van der Waals surface area contributed by atoms with Crippen LogP contribution in [-0.2, 0) is 16.1 Å². The van der Waals surface area contributed by atoms with Crippen molar-refractivity contribution in [3.63, 3.8) is 0 Å². The second-order valence-electron chi connectivity index (χ2n) is 6.66. The van der Waals surface area contributed by atoms with Gasteiger partial charge in [-0.2, -0.15) is 0 Å². The van der Waals surface area contributed by atoms with E-state index in [-0.39, 0.29) is 6.61 Å². The van der Waals surface area contributed by atoms with Gasteiger partial charge in [0, 0.05) is 12.5 Å². The van der Waals surface area contributed by atoms with E-state index in [0.717, 1.165) is 10.0 Å². The van der Waals surface area contributed by atoms with E-state index in [4.69, 9.17) is 18.6 Å². The van der Waals surface area contributed by atoms with Crippen molar-refractivity contribution in [1.82, 2.24) is 0 Å². The van der Waals surface area contributed by atoms with E-state index in [2.05, 4.69) is 48.0 Å². The molecule has 3 rings (SSSR count). The van der Waals surface area contributed by atoms with Gasteiger partial charge in [0.2, 0.25) is 0 Å². The van der Waals surface area contributed by atoms with Crippen molar-refractivity contribution in [3.05, 3.63) is 62.8 Å². The van der Waals surface area contributed by atoms with E-state index < -0.39 is 5.97 Å². The third kappa shape index (κ3) is 4.39. The van der Waals surface area contributed by atoms with Crippen LogP contribution in [0.3, 0.4) is 0 Å². The number of esters is 1. The zero-order chi connectivity index (χ0) is 20.3. The van der Waals surface area contributed by atoms with E-state index in [1.807, 2.05) is 12.1 Å². The predicted octanol–water partition coefficient (Wildman–Crippen LogP) is 5.50. The van der Waals surface area contributed by atoms with Gasteiger partial charge in [-0.15, -0.1) is 0 Å². The van der Waals surface area contributed by atoms with E-state index in [1.54, 1.807) is 14.0 Å². The lowest BCUT2D eigenvalue weighted by atomic mass is 10.1.